The smallest absolute Gasteiger partial charge is 0.0159 e. The van der Waals surface area contributed by atoms with E-state index in [1.54, 1.807) is 0 Å². The van der Waals surface area contributed by atoms with Gasteiger partial charge in [-0.05, 0) is 71.6 Å². The Bertz CT molecular complexity index is 773. The fourth-order valence-electron chi connectivity index (χ4n) is 4.81. The highest BCUT2D eigenvalue weighted by Crippen LogP contribution is 2.34. The van der Waals surface area contributed by atoms with Gasteiger partial charge in [-0.2, -0.15) is 0 Å². The Kier molecular flexibility index (Phi) is 8.31. The molecule has 3 rings (SSSR count). The van der Waals surface area contributed by atoms with Crippen molar-refractivity contribution in [1.29, 1.82) is 0 Å². The number of hydrogen-bond donors (Lipinski definition) is 0. The van der Waals surface area contributed by atoms with Gasteiger partial charge < -0.3 is 0 Å². The standard InChI is InChI=1S/C30H38/c1-5-25(29-13-9-7-10-14-29)21-23(3)27-17-19-28(20-18-27)24(4)22-26(6-2)30-15-11-8-12-16-30/h7-20,23-26H,5-6,21-22H2,1-4H3. The summed E-state index contributed by atoms with van der Waals surface area (Å²) in [6.07, 6.45) is 4.81. The highest BCUT2D eigenvalue weighted by molar-refractivity contribution is 5.29. The van der Waals surface area contributed by atoms with E-state index in [9.17, 15) is 0 Å². The van der Waals surface area contributed by atoms with E-state index in [1.165, 1.54) is 47.9 Å². The van der Waals surface area contributed by atoms with Crippen molar-refractivity contribution < 1.29 is 0 Å². The maximum atomic E-state index is 2.38. The third-order valence-electron chi connectivity index (χ3n) is 6.88. The zero-order valence-electron chi connectivity index (χ0n) is 19.2. The van der Waals surface area contributed by atoms with Gasteiger partial charge >= 0.3 is 0 Å². The van der Waals surface area contributed by atoms with Gasteiger partial charge in [0.2, 0.25) is 0 Å². The van der Waals surface area contributed by atoms with Gasteiger partial charge in [0.05, 0.1) is 0 Å². The molecule has 0 saturated heterocycles. The second-order valence-corrected chi connectivity index (χ2v) is 8.97. The van der Waals surface area contributed by atoms with Crippen LogP contribution in [-0.4, -0.2) is 0 Å². The second-order valence-electron chi connectivity index (χ2n) is 8.97. The minimum atomic E-state index is 0.576. The zero-order valence-corrected chi connectivity index (χ0v) is 19.2. The van der Waals surface area contributed by atoms with Crippen LogP contribution in [0.3, 0.4) is 0 Å². The van der Waals surface area contributed by atoms with Crippen LogP contribution in [0, 0.1) is 0 Å². The molecule has 0 spiro atoms. The van der Waals surface area contributed by atoms with Crippen LogP contribution >= 0.6 is 0 Å². The SMILES string of the molecule is CCC(CC(C)c1ccc(C(C)CC(CC)c2ccccc2)cc1)c1ccccc1. The van der Waals surface area contributed by atoms with Crippen molar-refractivity contribution in [3.8, 4) is 0 Å². The number of rotatable bonds is 10. The van der Waals surface area contributed by atoms with E-state index in [-0.39, 0.29) is 0 Å². The fourth-order valence-corrected chi connectivity index (χ4v) is 4.81. The minimum Gasteiger partial charge on any atom is -0.0648 e. The van der Waals surface area contributed by atoms with E-state index in [4.69, 9.17) is 0 Å². The maximum absolute atomic E-state index is 2.38. The highest BCUT2D eigenvalue weighted by Gasteiger charge is 2.17. The molecule has 0 heterocycles. The van der Waals surface area contributed by atoms with Gasteiger partial charge in [-0.3, -0.25) is 0 Å². The molecule has 0 aliphatic rings. The van der Waals surface area contributed by atoms with Crippen LogP contribution in [0.25, 0.3) is 0 Å². The predicted octanol–water partition coefficient (Wildman–Crippen LogP) is 9.06. The molecule has 0 aliphatic carbocycles. The van der Waals surface area contributed by atoms with Gasteiger partial charge in [-0.1, -0.05) is 113 Å². The number of hydrogen-bond acceptors (Lipinski definition) is 0. The lowest BCUT2D eigenvalue weighted by Crippen LogP contribution is -2.05. The molecule has 4 unspecified atom stereocenters. The molecule has 0 saturated carbocycles. The summed E-state index contributed by atoms with van der Waals surface area (Å²) in [6, 6.07) is 31.5. The van der Waals surface area contributed by atoms with E-state index >= 15 is 0 Å². The first-order valence-corrected chi connectivity index (χ1v) is 11.8. The molecule has 0 heteroatoms. The Morgan fingerprint density at radius 1 is 0.467 bits per heavy atom. The summed E-state index contributed by atoms with van der Waals surface area (Å²) in [5.41, 5.74) is 5.89. The molecule has 30 heavy (non-hydrogen) atoms. The average molecular weight is 399 g/mol. The van der Waals surface area contributed by atoms with Gasteiger partial charge in [0.15, 0.2) is 0 Å². The van der Waals surface area contributed by atoms with Crippen molar-refractivity contribution in [3.63, 3.8) is 0 Å². The molecule has 158 valence electrons. The molecule has 0 aromatic heterocycles. The third-order valence-corrected chi connectivity index (χ3v) is 6.88. The first-order valence-electron chi connectivity index (χ1n) is 11.8. The number of benzene rings is 3. The van der Waals surface area contributed by atoms with Crippen molar-refractivity contribution in [3.05, 3.63) is 107 Å². The van der Waals surface area contributed by atoms with Crippen molar-refractivity contribution in [1.82, 2.24) is 0 Å². The van der Waals surface area contributed by atoms with Gasteiger partial charge in [-0.15, -0.1) is 0 Å². The van der Waals surface area contributed by atoms with Crippen molar-refractivity contribution in [2.45, 2.75) is 77.0 Å². The summed E-state index contributed by atoms with van der Waals surface area (Å²) in [5.74, 6) is 2.42. The molecule has 3 aromatic carbocycles. The van der Waals surface area contributed by atoms with E-state index in [0.717, 1.165) is 0 Å². The van der Waals surface area contributed by atoms with Crippen LogP contribution in [0.5, 0.6) is 0 Å². The molecule has 3 aromatic rings. The average Bonchev–Trinajstić information content (AvgIpc) is 2.81. The first-order chi connectivity index (χ1) is 14.6. The van der Waals surface area contributed by atoms with Gasteiger partial charge in [-0.25, -0.2) is 0 Å². The molecule has 0 N–H and O–H groups in total. The summed E-state index contributed by atoms with van der Waals surface area (Å²) in [5, 5.41) is 0. The molecule has 0 fully saturated rings. The van der Waals surface area contributed by atoms with Gasteiger partial charge in [0.1, 0.15) is 0 Å². The van der Waals surface area contributed by atoms with Crippen molar-refractivity contribution in [2.24, 2.45) is 0 Å². The van der Waals surface area contributed by atoms with E-state index in [1.807, 2.05) is 0 Å². The first kappa shape index (κ1) is 22.3. The molecule has 0 radical (unpaired) electrons. The monoisotopic (exact) mass is 398 g/mol. The summed E-state index contributed by atoms with van der Waals surface area (Å²) in [6.45, 7) is 9.39. The molecule has 0 bridgehead atoms. The van der Waals surface area contributed by atoms with Crippen LogP contribution in [-0.2, 0) is 0 Å². The topological polar surface area (TPSA) is 0 Å². The highest BCUT2D eigenvalue weighted by atomic mass is 14.2. The fraction of sp³-hybridized carbons (Fsp3) is 0.400. The second kappa shape index (κ2) is 11.2. The maximum Gasteiger partial charge on any atom is -0.0159 e. The lowest BCUT2D eigenvalue weighted by molar-refractivity contribution is 0.540. The molecular weight excluding hydrogens is 360 g/mol. The van der Waals surface area contributed by atoms with E-state index in [0.29, 0.717) is 23.7 Å². The lowest BCUT2D eigenvalue weighted by Gasteiger charge is -2.23. The molecule has 4 atom stereocenters. The van der Waals surface area contributed by atoms with Crippen LogP contribution in [0.4, 0.5) is 0 Å². The normalized spacial score (nSPS) is 15.3. The van der Waals surface area contributed by atoms with Gasteiger partial charge in [0, 0.05) is 0 Å². The Morgan fingerprint density at radius 3 is 1.10 bits per heavy atom. The Balaban J connectivity index is 1.63. The van der Waals surface area contributed by atoms with E-state index < -0.39 is 0 Å². The molecule has 0 aliphatic heterocycles. The quantitative estimate of drug-likeness (QED) is 0.319. The van der Waals surface area contributed by atoms with Crippen LogP contribution < -0.4 is 0 Å². The van der Waals surface area contributed by atoms with Crippen LogP contribution in [0.2, 0.25) is 0 Å². The van der Waals surface area contributed by atoms with Crippen LogP contribution in [0.15, 0.2) is 84.9 Å². The minimum absolute atomic E-state index is 0.576. The molecule has 0 nitrogen and oxygen atoms in total. The summed E-state index contributed by atoms with van der Waals surface area (Å²) in [4.78, 5) is 0. The lowest BCUT2D eigenvalue weighted by atomic mass is 9.82. The van der Waals surface area contributed by atoms with Crippen molar-refractivity contribution in [2.75, 3.05) is 0 Å². The Morgan fingerprint density at radius 2 is 0.800 bits per heavy atom. The van der Waals surface area contributed by atoms with Gasteiger partial charge in [0.25, 0.3) is 0 Å². The molecular formula is C30H38. The predicted molar refractivity (Wildman–Crippen MR) is 131 cm³/mol. The third kappa shape index (κ3) is 5.85. The largest absolute Gasteiger partial charge is 0.0648 e. The van der Waals surface area contributed by atoms with Crippen molar-refractivity contribution >= 4 is 0 Å². The van der Waals surface area contributed by atoms with E-state index in [2.05, 4.69) is 113 Å². The van der Waals surface area contributed by atoms with Crippen LogP contribution in [0.1, 0.15) is 99.3 Å². The zero-order chi connectivity index (χ0) is 21.3. The Labute approximate surface area is 184 Å². The summed E-state index contributed by atoms with van der Waals surface area (Å²) >= 11 is 0. The Hall–Kier alpha value is -2.34. The summed E-state index contributed by atoms with van der Waals surface area (Å²) < 4.78 is 0. The summed E-state index contributed by atoms with van der Waals surface area (Å²) in [7, 11) is 0. The molecule has 0 amide bonds.